The molecule has 0 aromatic rings. The van der Waals surface area contributed by atoms with Crippen LogP contribution in [0.4, 0.5) is 0 Å². The summed E-state index contributed by atoms with van der Waals surface area (Å²) >= 11 is 0. The number of aliphatic carboxylic acids is 1. The summed E-state index contributed by atoms with van der Waals surface area (Å²) in [5, 5.41) is 11.5. The average molecular weight is 215 g/mol. The summed E-state index contributed by atoms with van der Waals surface area (Å²) in [7, 11) is 0. The summed E-state index contributed by atoms with van der Waals surface area (Å²) < 4.78 is 0. The lowest BCUT2D eigenvalue weighted by Gasteiger charge is -2.19. The predicted molar refractivity (Wildman–Crippen MR) is 58.5 cm³/mol. The third-order valence-corrected chi connectivity index (χ3v) is 2.55. The van der Waals surface area contributed by atoms with Gasteiger partial charge in [0.25, 0.3) is 0 Å². The Morgan fingerprint density at radius 3 is 2.33 bits per heavy atom. The summed E-state index contributed by atoms with van der Waals surface area (Å²) in [6.07, 6.45) is 2.90. The molecule has 0 rings (SSSR count). The molecule has 0 saturated heterocycles. The van der Waals surface area contributed by atoms with Crippen LogP contribution in [0.1, 0.15) is 46.5 Å². The fourth-order valence-corrected chi connectivity index (χ4v) is 1.27. The Morgan fingerprint density at radius 2 is 1.93 bits per heavy atom. The molecule has 4 nitrogen and oxygen atoms in total. The van der Waals surface area contributed by atoms with Crippen molar-refractivity contribution < 1.29 is 14.7 Å². The molecule has 0 fully saturated rings. The molecular formula is C11H21NO3. The van der Waals surface area contributed by atoms with Gasteiger partial charge in [0, 0.05) is 6.42 Å². The number of carbonyl (C=O) groups is 2. The quantitative estimate of drug-likeness (QED) is 0.680. The third-order valence-electron chi connectivity index (χ3n) is 2.55. The van der Waals surface area contributed by atoms with Crippen molar-refractivity contribution in [2.24, 2.45) is 5.92 Å². The lowest BCUT2D eigenvalue weighted by atomic mass is 9.99. The molecule has 0 saturated carbocycles. The van der Waals surface area contributed by atoms with E-state index >= 15 is 0 Å². The number of amides is 1. The maximum absolute atomic E-state index is 11.4. The van der Waals surface area contributed by atoms with Crippen LogP contribution in [0.15, 0.2) is 0 Å². The summed E-state index contributed by atoms with van der Waals surface area (Å²) in [5.74, 6) is -1.15. The Morgan fingerprint density at radius 1 is 1.33 bits per heavy atom. The Bertz CT molecular complexity index is 216. The fourth-order valence-electron chi connectivity index (χ4n) is 1.27. The number of carboxylic acid groups (broad SMARTS) is 1. The van der Waals surface area contributed by atoms with Gasteiger partial charge in [0.1, 0.15) is 6.04 Å². The second-order valence-corrected chi connectivity index (χ2v) is 3.87. The largest absolute Gasteiger partial charge is 0.480 e. The summed E-state index contributed by atoms with van der Waals surface area (Å²) in [4.78, 5) is 22.3. The van der Waals surface area contributed by atoms with Crippen molar-refractivity contribution in [2.45, 2.75) is 52.5 Å². The monoisotopic (exact) mass is 215 g/mol. The topological polar surface area (TPSA) is 66.4 Å². The molecule has 0 aromatic carbocycles. The summed E-state index contributed by atoms with van der Waals surface area (Å²) in [6.45, 7) is 5.74. The minimum Gasteiger partial charge on any atom is -0.480 e. The first-order valence-corrected chi connectivity index (χ1v) is 5.55. The van der Waals surface area contributed by atoms with Crippen molar-refractivity contribution >= 4 is 11.9 Å². The molecule has 0 radical (unpaired) electrons. The van der Waals surface area contributed by atoms with Crippen molar-refractivity contribution in [3.63, 3.8) is 0 Å². The number of hydrogen-bond acceptors (Lipinski definition) is 2. The van der Waals surface area contributed by atoms with E-state index in [1.54, 1.807) is 0 Å². The smallest absolute Gasteiger partial charge is 0.326 e. The molecule has 4 heteroatoms. The Labute approximate surface area is 91.1 Å². The second-order valence-electron chi connectivity index (χ2n) is 3.87. The third kappa shape index (κ3) is 5.40. The highest BCUT2D eigenvalue weighted by molar-refractivity contribution is 5.83. The van der Waals surface area contributed by atoms with E-state index in [-0.39, 0.29) is 11.8 Å². The van der Waals surface area contributed by atoms with Gasteiger partial charge in [0.15, 0.2) is 0 Å². The van der Waals surface area contributed by atoms with E-state index in [1.165, 1.54) is 0 Å². The van der Waals surface area contributed by atoms with Crippen molar-refractivity contribution in [1.29, 1.82) is 0 Å². The van der Waals surface area contributed by atoms with Gasteiger partial charge in [-0.3, -0.25) is 4.79 Å². The molecular weight excluding hydrogens is 194 g/mol. The minimum atomic E-state index is -0.950. The van der Waals surface area contributed by atoms with Gasteiger partial charge in [0.2, 0.25) is 5.91 Å². The van der Waals surface area contributed by atoms with Gasteiger partial charge in [-0.15, -0.1) is 0 Å². The van der Waals surface area contributed by atoms with Crippen molar-refractivity contribution in [3.05, 3.63) is 0 Å². The maximum Gasteiger partial charge on any atom is 0.326 e. The Kier molecular flexibility index (Phi) is 6.75. The van der Waals surface area contributed by atoms with Crippen LogP contribution in [0.2, 0.25) is 0 Å². The molecule has 0 bridgehead atoms. The molecule has 0 aliphatic rings. The fraction of sp³-hybridized carbons (Fsp3) is 0.818. The first-order chi connectivity index (χ1) is 7.02. The summed E-state index contributed by atoms with van der Waals surface area (Å²) in [5.41, 5.74) is 0. The number of carboxylic acids is 1. The van der Waals surface area contributed by atoms with Crippen LogP contribution in [0.3, 0.4) is 0 Å². The zero-order valence-corrected chi connectivity index (χ0v) is 9.75. The van der Waals surface area contributed by atoms with Crippen LogP contribution in [0.25, 0.3) is 0 Å². The number of hydrogen-bond donors (Lipinski definition) is 2. The number of carbonyl (C=O) groups excluding carboxylic acids is 1. The average Bonchev–Trinajstić information content (AvgIpc) is 2.21. The van der Waals surface area contributed by atoms with Crippen molar-refractivity contribution in [3.8, 4) is 0 Å². The Hall–Kier alpha value is -1.06. The van der Waals surface area contributed by atoms with Crippen LogP contribution >= 0.6 is 0 Å². The van der Waals surface area contributed by atoms with Gasteiger partial charge < -0.3 is 10.4 Å². The first-order valence-electron chi connectivity index (χ1n) is 5.55. The van der Waals surface area contributed by atoms with Gasteiger partial charge in [-0.25, -0.2) is 4.79 Å². The molecule has 15 heavy (non-hydrogen) atoms. The highest BCUT2D eigenvalue weighted by atomic mass is 16.4. The van der Waals surface area contributed by atoms with Crippen LogP contribution in [-0.4, -0.2) is 23.0 Å². The highest BCUT2D eigenvalue weighted by Crippen LogP contribution is 2.08. The van der Waals surface area contributed by atoms with E-state index in [0.29, 0.717) is 6.42 Å². The van der Waals surface area contributed by atoms with Crippen molar-refractivity contribution in [1.82, 2.24) is 5.32 Å². The van der Waals surface area contributed by atoms with E-state index < -0.39 is 12.0 Å². The van der Waals surface area contributed by atoms with Crippen LogP contribution in [0, 0.1) is 5.92 Å². The Balaban J connectivity index is 4.16. The maximum atomic E-state index is 11.4. The minimum absolute atomic E-state index is 0.0342. The molecule has 2 N–H and O–H groups in total. The van der Waals surface area contributed by atoms with Crippen LogP contribution < -0.4 is 5.32 Å². The molecule has 2 atom stereocenters. The highest BCUT2D eigenvalue weighted by Gasteiger charge is 2.24. The molecule has 0 spiro atoms. The zero-order valence-electron chi connectivity index (χ0n) is 9.75. The standard InChI is InChI=1S/C11H21NO3/c1-4-6-7-9(13)12-10(11(14)15)8(3)5-2/h8,10H,4-7H2,1-3H3,(H,12,13)(H,14,15)/t8-,10-/m0/s1. The van der Waals surface area contributed by atoms with E-state index in [4.69, 9.17) is 5.11 Å². The van der Waals surface area contributed by atoms with E-state index in [2.05, 4.69) is 5.32 Å². The SMILES string of the molecule is CCCCC(=O)N[C@H](C(=O)O)[C@@H](C)CC. The molecule has 0 heterocycles. The molecule has 0 aliphatic carbocycles. The molecule has 0 aliphatic heterocycles. The first kappa shape index (κ1) is 13.9. The molecule has 0 unspecified atom stereocenters. The lowest BCUT2D eigenvalue weighted by molar-refractivity contribution is -0.143. The van der Waals surface area contributed by atoms with Crippen LogP contribution in [0.5, 0.6) is 0 Å². The number of nitrogens with one attached hydrogen (secondary N) is 1. The van der Waals surface area contributed by atoms with E-state index in [0.717, 1.165) is 19.3 Å². The van der Waals surface area contributed by atoms with Gasteiger partial charge >= 0.3 is 5.97 Å². The summed E-state index contributed by atoms with van der Waals surface area (Å²) in [6, 6.07) is -0.751. The van der Waals surface area contributed by atoms with Crippen molar-refractivity contribution in [2.75, 3.05) is 0 Å². The second kappa shape index (κ2) is 7.26. The van der Waals surface area contributed by atoms with Gasteiger partial charge in [0.05, 0.1) is 0 Å². The van der Waals surface area contributed by atoms with Crippen LogP contribution in [-0.2, 0) is 9.59 Å². The lowest BCUT2D eigenvalue weighted by Crippen LogP contribution is -2.44. The molecule has 88 valence electrons. The zero-order chi connectivity index (χ0) is 11.8. The predicted octanol–water partition coefficient (Wildman–Crippen LogP) is 1.79. The van der Waals surface area contributed by atoms with Gasteiger partial charge in [-0.05, 0) is 12.3 Å². The van der Waals surface area contributed by atoms with Gasteiger partial charge in [-0.2, -0.15) is 0 Å². The molecule has 1 amide bonds. The number of rotatable bonds is 7. The van der Waals surface area contributed by atoms with Gasteiger partial charge in [-0.1, -0.05) is 33.6 Å². The van der Waals surface area contributed by atoms with E-state index in [1.807, 2.05) is 20.8 Å². The number of unbranched alkanes of at least 4 members (excludes halogenated alkanes) is 1. The van der Waals surface area contributed by atoms with E-state index in [9.17, 15) is 9.59 Å². The molecule has 0 aromatic heterocycles. The normalized spacial score (nSPS) is 14.3.